The van der Waals surface area contributed by atoms with E-state index in [1.807, 2.05) is 72.3 Å². The molecule has 9 heteroatoms. The predicted molar refractivity (Wildman–Crippen MR) is 154 cm³/mol. The number of ether oxygens (including phenoxy) is 3. The Labute approximate surface area is 239 Å². The van der Waals surface area contributed by atoms with Gasteiger partial charge in [-0.05, 0) is 67.8 Å². The third kappa shape index (κ3) is 7.06. The zero-order valence-corrected chi connectivity index (χ0v) is 23.6. The summed E-state index contributed by atoms with van der Waals surface area (Å²) in [7, 11) is 4.12. The second-order valence-electron chi connectivity index (χ2n) is 10.2. The fourth-order valence-corrected chi connectivity index (χ4v) is 4.94. The summed E-state index contributed by atoms with van der Waals surface area (Å²) in [6, 6.07) is 18.9. The fraction of sp³-hybridized carbons (Fsp3) is 0.355. The summed E-state index contributed by atoms with van der Waals surface area (Å²) in [6.07, 6.45) is 2.66. The number of carboxylic acid groups (broad SMARTS) is 1. The quantitative estimate of drug-likeness (QED) is 0.244. The Kier molecular flexibility index (Phi) is 8.77. The molecular weight excluding hydrogens is 530 g/mol. The standard InChI is InChI=1S/C31H34ClN3O5/c1-34-15-13-24(14-16-34)40-26-10-11-27-28(17-26)35(2)30(33-27)20-38-25-9-5-22(6-12-31(36)37)29(18-25)39-19-21-3-7-23(32)8-4-21/h3-5,7-11,17-18,24H,6,12-16,19-20H2,1-2H3,(H,36,37). The third-order valence-corrected chi connectivity index (χ3v) is 7.49. The van der Waals surface area contributed by atoms with Crippen LogP contribution in [0.1, 0.15) is 36.2 Å². The average molecular weight is 564 g/mol. The van der Waals surface area contributed by atoms with E-state index in [0.717, 1.165) is 59.7 Å². The number of imidazole rings is 1. The summed E-state index contributed by atoms with van der Waals surface area (Å²) in [5, 5.41) is 9.82. The Morgan fingerprint density at radius 2 is 1.73 bits per heavy atom. The summed E-state index contributed by atoms with van der Waals surface area (Å²) < 4.78 is 20.5. The van der Waals surface area contributed by atoms with Crippen molar-refractivity contribution in [1.82, 2.24) is 14.5 Å². The van der Waals surface area contributed by atoms with Gasteiger partial charge in [0.05, 0.1) is 11.0 Å². The maximum absolute atomic E-state index is 11.2. The molecule has 1 saturated heterocycles. The third-order valence-electron chi connectivity index (χ3n) is 7.24. The molecule has 210 valence electrons. The van der Waals surface area contributed by atoms with Crippen LogP contribution in [0.25, 0.3) is 11.0 Å². The molecule has 2 heterocycles. The lowest BCUT2D eigenvalue weighted by atomic mass is 10.1. The molecule has 40 heavy (non-hydrogen) atoms. The van der Waals surface area contributed by atoms with E-state index < -0.39 is 5.97 Å². The minimum Gasteiger partial charge on any atom is -0.490 e. The Morgan fingerprint density at radius 3 is 2.48 bits per heavy atom. The van der Waals surface area contributed by atoms with E-state index in [1.54, 1.807) is 0 Å². The number of fused-ring (bicyclic) bond motifs is 1. The first-order valence-electron chi connectivity index (χ1n) is 13.5. The number of hydrogen-bond donors (Lipinski definition) is 1. The van der Waals surface area contributed by atoms with Crippen LogP contribution in [-0.4, -0.2) is 51.8 Å². The summed E-state index contributed by atoms with van der Waals surface area (Å²) >= 11 is 5.99. The van der Waals surface area contributed by atoms with Gasteiger partial charge in [-0.2, -0.15) is 0 Å². The van der Waals surface area contributed by atoms with Crippen LogP contribution in [0.4, 0.5) is 0 Å². The van der Waals surface area contributed by atoms with Gasteiger partial charge in [0.15, 0.2) is 0 Å². The number of carbonyl (C=O) groups is 1. The van der Waals surface area contributed by atoms with Crippen LogP contribution >= 0.6 is 11.6 Å². The molecule has 1 fully saturated rings. The number of carboxylic acids is 1. The maximum Gasteiger partial charge on any atom is 0.303 e. The first-order chi connectivity index (χ1) is 19.3. The van der Waals surface area contributed by atoms with Crippen molar-refractivity contribution in [3.63, 3.8) is 0 Å². The molecule has 0 bridgehead atoms. The number of nitrogens with zero attached hydrogens (tertiary/aromatic N) is 3. The van der Waals surface area contributed by atoms with Crippen LogP contribution in [0.15, 0.2) is 60.7 Å². The van der Waals surface area contributed by atoms with Gasteiger partial charge in [0, 0.05) is 43.7 Å². The van der Waals surface area contributed by atoms with E-state index in [4.69, 9.17) is 35.9 Å². The van der Waals surface area contributed by atoms with Crippen LogP contribution < -0.4 is 14.2 Å². The molecule has 0 atom stereocenters. The van der Waals surface area contributed by atoms with Crippen molar-refractivity contribution in [2.45, 2.75) is 45.0 Å². The molecule has 5 rings (SSSR count). The van der Waals surface area contributed by atoms with Gasteiger partial charge >= 0.3 is 5.97 Å². The fourth-order valence-electron chi connectivity index (χ4n) is 4.81. The highest BCUT2D eigenvalue weighted by Gasteiger charge is 2.19. The molecule has 3 aromatic carbocycles. The lowest BCUT2D eigenvalue weighted by molar-refractivity contribution is -0.136. The van der Waals surface area contributed by atoms with Crippen LogP contribution in [0.2, 0.25) is 5.02 Å². The number of aryl methyl sites for hydroxylation is 2. The number of piperidine rings is 1. The van der Waals surface area contributed by atoms with E-state index in [9.17, 15) is 4.79 Å². The second-order valence-corrected chi connectivity index (χ2v) is 10.7. The number of aromatic nitrogens is 2. The number of aliphatic carboxylic acids is 1. The number of likely N-dealkylation sites (tertiary alicyclic amines) is 1. The van der Waals surface area contributed by atoms with E-state index in [0.29, 0.717) is 29.5 Å². The monoisotopic (exact) mass is 563 g/mol. The number of benzene rings is 3. The molecule has 0 radical (unpaired) electrons. The topological polar surface area (TPSA) is 86.1 Å². The molecule has 1 aromatic heterocycles. The van der Waals surface area contributed by atoms with Gasteiger partial charge in [-0.15, -0.1) is 0 Å². The summed E-state index contributed by atoms with van der Waals surface area (Å²) in [4.78, 5) is 18.3. The number of hydrogen-bond acceptors (Lipinski definition) is 6. The van der Waals surface area contributed by atoms with E-state index in [2.05, 4.69) is 11.9 Å². The van der Waals surface area contributed by atoms with Gasteiger partial charge in [0.1, 0.15) is 42.4 Å². The molecule has 1 aliphatic heterocycles. The Morgan fingerprint density at radius 1 is 0.975 bits per heavy atom. The van der Waals surface area contributed by atoms with Crippen LogP contribution in [0, 0.1) is 0 Å². The second kappa shape index (κ2) is 12.6. The molecule has 1 N–H and O–H groups in total. The molecule has 0 aliphatic carbocycles. The van der Waals surface area contributed by atoms with Crippen LogP contribution in [-0.2, 0) is 31.5 Å². The minimum absolute atomic E-state index is 0.0147. The number of rotatable bonds is 11. The zero-order valence-electron chi connectivity index (χ0n) is 22.8. The van der Waals surface area contributed by atoms with Crippen molar-refractivity contribution in [2.24, 2.45) is 7.05 Å². The smallest absolute Gasteiger partial charge is 0.303 e. The first kappa shape index (κ1) is 27.8. The van der Waals surface area contributed by atoms with Crippen LogP contribution in [0.5, 0.6) is 17.2 Å². The molecular formula is C31H34ClN3O5. The Bertz CT molecular complexity index is 1460. The normalized spacial score (nSPS) is 14.4. The molecule has 0 unspecified atom stereocenters. The van der Waals surface area contributed by atoms with Crippen molar-refractivity contribution in [2.75, 3.05) is 20.1 Å². The van der Waals surface area contributed by atoms with Crippen molar-refractivity contribution in [3.8, 4) is 17.2 Å². The first-order valence-corrected chi connectivity index (χ1v) is 13.9. The summed E-state index contributed by atoms with van der Waals surface area (Å²) in [5.74, 6) is 1.99. The maximum atomic E-state index is 11.2. The number of halogens is 1. The molecule has 0 amide bonds. The molecule has 0 saturated carbocycles. The van der Waals surface area contributed by atoms with Gasteiger partial charge in [-0.3, -0.25) is 4.79 Å². The highest BCUT2D eigenvalue weighted by atomic mass is 35.5. The highest BCUT2D eigenvalue weighted by Crippen LogP contribution is 2.29. The SMILES string of the molecule is CN1CCC(Oc2ccc3nc(COc4ccc(CCC(=O)O)c(OCc5ccc(Cl)cc5)c4)n(C)c3c2)CC1. The van der Waals surface area contributed by atoms with Gasteiger partial charge in [0.2, 0.25) is 0 Å². The molecule has 4 aromatic rings. The predicted octanol–water partition coefficient (Wildman–Crippen LogP) is 5.87. The van der Waals surface area contributed by atoms with Gasteiger partial charge < -0.3 is 28.8 Å². The molecule has 1 aliphatic rings. The molecule has 8 nitrogen and oxygen atoms in total. The van der Waals surface area contributed by atoms with E-state index >= 15 is 0 Å². The van der Waals surface area contributed by atoms with Crippen molar-refractivity contribution < 1.29 is 24.1 Å². The average Bonchev–Trinajstić information content (AvgIpc) is 3.26. The zero-order chi connectivity index (χ0) is 28.1. The lowest BCUT2D eigenvalue weighted by Crippen LogP contribution is -2.35. The largest absolute Gasteiger partial charge is 0.490 e. The Hall–Kier alpha value is -3.75. The van der Waals surface area contributed by atoms with Gasteiger partial charge in [-0.1, -0.05) is 29.8 Å². The molecule has 0 spiro atoms. The van der Waals surface area contributed by atoms with E-state index in [1.165, 1.54) is 0 Å². The van der Waals surface area contributed by atoms with Gasteiger partial charge in [-0.25, -0.2) is 4.98 Å². The van der Waals surface area contributed by atoms with Crippen molar-refractivity contribution >= 4 is 28.6 Å². The Balaban J connectivity index is 1.27. The highest BCUT2D eigenvalue weighted by molar-refractivity contribution is 6.30. The van der Waals surface area contributed by atoms with Crippen LogP contribution in [0.3, 0.4) is 0 Å². The minimum atomic E-state index is -0.856. The van der Waals surface area contributed by atoms with Gasteiger partial charge in [0.25, 0.3) is 0 Å². The van der Waals surface area contributed by atoms with E-state index in [-0.39, 0.29) is 19.1 Å². The lowest BCUT2D eigenvalue weighted by Gasteiger charge is -2.29. The summed E-state index contributed by atoms with van der Waals surface area (Å²) in [6.45, 7) is 2.69. The van der Waals surface area contributed by atoms with Crippen molar-refractivity contribution in [3.05, 3.63) is 82.6 Å². The summed E-state index contributed by atoms with van der Waals surface area (Å²) in [5.41, 5.74) is 3.63. The van der Waals surface area contributed by atoms with Crippen molar-refractivity contribution in [1.29, 1.82) is 0 Å².